The molecule has 0 aliphatic heterocycles. The van der Waals surface area contributed by atoms with Gasteiger partial charge >= 0.3 is 0 Å². The van der Waals surface area contributed by atoms with Crippen molar-refractivity contribution in [3.63, 3.8) is 0 Å². The van der Waals surface area contributed by atoms with Crippen LogP contribution < -0.4 is 11.1 Å². The fourth-order valence-corrected chi connectivity index (χ4v) is 1.26. The second-order valence-electron chi connectivity index (χ2n) is 5.32. The normalized spacial score (nSPS) is 13.7. The van der Waals surface area contributed by atoms with Crippen LogP contribution in [-0.2, 0) is 0 Å². The van der Waals surface area contributed by atoms with E-state index in [2.05, 4.69) is 39.1 Å². The molecule has 0 bridgehead atoms. The van der Waals surface area contributed by atoms with Crippen molar-refractivity contribution >= 4 is 11.4 Å². The third-order valence-electron chi connectivity index (χ3n) is 2.88. The van der Waals surface area contributed by atoms with Gasteiger partial charge in [0.05, 0.1) is 11.4 Å². The average molecular weight is 206 g/mol. The van der Waals surface area contributed by atoms with Gasteiger partial charge in [-0.1, -0.05) is 26.8 Å². The summed E-state index contributed by atoms with van der Waals surface area (Å²) in [5, 5.41) is 3.45. The van der Waals surface area contributed by atoms with Gasteiger partial charge in [0, 0.05) is 6.04 Å². The second-order valence-corrected chi connectivity index (χ2v) is 5.32. The molecular formula is C13H22N2. The molecule has 1 atom stereocenters. The van der Waals surface area contributed by atoms with Gasteiger partial charge in [0.25, 0.3) is 0 Å². The first-order chi connectivity index (χ1) is 6.80. The van der Waals surface area contributed by atoms with Crippen LogP contribution in [0.4, 0.5) is 11.4 Å². The lowest BCUT2D eigenvalue weighted by atomic mass is 9.88. The van der Waals surface area contributed by atoms with Crippen molar-refractivity contribution < 1.29 is 0 Å². The Morgan fingerprint density at radius 1 is 1.27 bits per heavy atom. The molecule has 0 heterocycles. The summed E-state index contributed by atoms with van der Waals surface area (Å²) in [6.45, 7) is 10.9. The number of anilines is 2. The van der Waals surface area contributed by atoms with Crippen molar-refractivity contribution in [2.45, 2.75) is 40.7 Å². The first-order valence-electron chi connectivity index (χ1n) is 5.43. The van der Waals surface area contributed by atoms with Gasteiger partial charge in [-0.25, -0.2) is 0 Å². The highest BCUT2D eigenvalue weighted by molar-refractivity contribution is 5.67. The Labute approximate surface area is 92.9 Å². The maximum Gasteiger partial charge on any atom is 0.0576 e. The third-order valence-corrected chi connectivity index (χ3v) is 2.88. The molecule has 0 saturated heterocycles. The van der Waals surface area contributed by atoms with Gasteiger partial charge in [-0.2, -0.15) is 0 Å². The van der Waals surface area contributed by atoms with Crippen LogP contribution in [-0.4, -0.2) is 6.04 Å². The number of rotatable bonds is 2. The first-order valence-corrected chi connectivity index (χ1v) is 5.43. The van der Waals surface area contributed by atoms with E-state index in [1.54, 1.807) is 0 Å². The Balaban J connectivity index is 2.82. The molecule has 0 fully saturated rings. The monoisotopic (exact) mass is 206 g/mol. The highest BCUT2D eigenvalue weighted by atomic mass is 14.9. The van der Waals surface area contributed by atoms with E-state index in [9.17, 15) is 0 Å². The standard InChI is InChI=1S/C13H22N2/c1-9-6-7-12(11(14)8-9)15-10(2)13(3,4)5/h6-8,10,15H,14H2,1-5H3. The van der Waals surface area contributed by atoms with E-state index < -0.39 is 0 Å². The minimum Gasteiger partial charge on any atom is -0.397 e. The van der Waals surface area contributed by atoms with Crippen LogP contribution in [0.1, 0.15) is 33.3 Å². The van der Waals surface area contributed by atoms with E-state index in [4.69, 9.17) is 5.73 Å². The Morgan fingerprint density at radius 3 is 2.33 bits per heavy atom. The molecule has 1 aromatic carbocycles. The van der Waals surface area contributed by atoms with Crippen molar-refractivity contribution in [2.24, 2.45) is 5.41 Å². The minimum atomic E-state index is 0.233. The zero-order valence-electron chi connectivity index (χ0n) is 10.4. The SMILES string of the molecule is Cc1ccc(NC(C)C(C)(C)C)c(N)c1. The molecule has 0 saturated carbocycles. The fourth-order valence-electron chi connectivity index (χ4n) is 1.26. The van der Waals surface area contributed by atoms with Gasteiger partial charge in [-0.3, -0.25) is 0 Å². The van der Waals surface area contributed by atoms with Crippen molar-refractivity contribution in [1.82, 2.24) is 0 Å². The van der Waals surface area contributed by atoms with Crippen LogP contribution in [0.3, 0.4) is 0 Å². The number of hydrogen-bond donors (Lipinski definition) is 2. The van der Waals surface area contributed by atoms with Gasteiger partial charge in [-0.05, 0) is 37.0 Å². The Hall–Kier alpha value is -1.18. The van der Waals surface area contributed by atoms with Crippen LogP contribution in [0.5, 0.6) is 0 Å². The van der Waals surface area contributed by atoms with E-state index in [1.165, 1.54) is 5.56 Å². The number of nitrogens with two attached hydrogens (primary N) is 1. The molecule has 1 aromatic rings. The maximum absolute atomic E-state index is 5.95. The molecule has 2 heteroatoms. The van der Waals surface area contributed by atoms with Crippen molar-refractivity contribution in [3.8, 4) is 0 Å². The van der Waals surface area contributed by atoms with E-state index >= 15 is 0 Å². The highest BCUT2D eigenvalue weighted by Crippen LogP contribution is 2.26. The lowest BCUT2D eigenvalue weighted by Gasteiger charge is -2.29. The summed E-state index contributed by atoms with van der Waals surface area (Å²) in [6.07, 6.45) is 0. The predicted molar refractivity (Wildman–Crippen MR) is 68.1 cm³/mol. The summed E-state index contributed by atoms with van der Waals surface area (Å²) in [6, 6.07) is 6.51. The second kappa shape index (κ2) is 4.13. The fraction of sp³-hybridized carbons (Fsp3) is 0.538. The minimum absolute atomic E-state index is 0.233. The maximum atomic E-state index is 5.95. The lowest BCUT2D eigenvalue weighted by molar-refractivity contribution is 0.359. The van der Waals surface area contributed by atoms with Crippen molar-refractivity contribution in [1.29, 1.82) is 0 Å². The Morgan fingerprint density at radius 2 is 1.87 bits per heavy atom. The molecule has 0 spiro atoms. The van der Waals surface area contributed by atoms with E-state index in [0.29, 0.717) is 6.04 Å². The molecule has 0 amide bonds. The van der Waals surface area contributed by atoms with E-state index in [0.717, 1.165) is 11.4 Å². The lowest BCUT2D eigenvalue weighted by Crippen LogP contribution is -2.31. The van der Waals surface area contributed by atoms with Gasteiger partial charge in [0.15, 0.2) is 0 Å². The first kappa shape index (κ1) is 11.9. The van der Waals surface area contributed by atoms with E-state index in [1.807, 2.05) is 19.1 Å². The quantitative estimate of drug-likeness (QED) is 0.728. The molecule has 0 radical (unpaired) electrons. The summed E-state index contributed by atoms with van der Waals surface area (Å²) in [4.78, 5) is 0. The molecule has 0 aliphatic carbocycles. The number of aryl methyl sites for hydroxylation is 1. The number of nitrogen functional groups attached to an aromatic ring is 1. The molecule has 3 N–H and O–H groups in total. The van der Waals surface area contributed by atoms with Crippen LogP contribution in [0, 0.1) is 12.3 Å². The van der Waals surface area contributed by atoms with E-state index in [-0.39, 0.29) is 5.41 Å². The predicted octanol–water partition coefficient (Wildman–Crippen LogP) is 3.42. The van der Waals surface area contributed by atoms with Crippen molar-refractivity contribution in [2.75, 3.05) is 11.1 Å². The van der Waals surface area contributed by atoms with Crippen LogP contribution in [0.25, 0.3) is 0 Å². The summed E-state index contributed by atoms with van der Waals surface area (Å²) in [5.74, 6) is 0. The van der Waals surface area contributed by atoms with Gasteiger partial charge in [0.1, 0.15) is 0 Å². The molecule has 2 nitrogen and oxygen atoms in total. The van der Waals surface area contributed by atoms with Crippen LogP contribution in [0.2, 0.25) is 0 Å². The van der Waals surface area contributed by atoms with Gasteiger partial charge < -0.3 is 11.1 Å². The number of benzene rings is 1. The summed E-state index contributed by atoms with van der Waals surface area (Å²) >= 11 is 0. The smallest absolute Gasteiger partial charge is 0.0576 e. The molecule has 1 rings (SSSR count). The molecule has 84 valence electrons. The molecule has 0 aliphatic rings. The highest BCUT2D eigenvalue weighted by Gasteiger charge is 2.20. The third kappa shape index (κ3) is 3.15. The summed E-state index contributed by atoms with van der Waals surface area (Å²) in [7, 11) is 0. The summed E-state index contributed by atoms with van der Waals surface area (Å²) < 4.78 is 0. The number of hydrogen-bond acceptors (Lipinski definition) is 2. The molecule has 1 unspecified atom stereocenters. The summed E-state index contributed by atoms with van der Waals surface area (Å²) in [5.41, 5.74) is 9.24. The molecule has 0 aromatic heterocycles. The zero-order valence-corrected chi connectivity index (χ0v) is 10.4. The van der Waals surface area contributed by atoms with Crippen LogP contribution in [0.15, 0.2) is 18.2 Å². The molecule has 15 heavy (non-hydrogen) atoms. The van der Waals surface area contributed by atoms with Crippen LogP contribution >= 0.6 is 0 Å². The molecular weight excluding hydrogens is 184 g/mol. The number of nitrogens with one attached hydrogen (secondary N) is 1. The van der Waals surface area contributed by atoms with Crippen molar-refractivity contribution in [3.05, 3.63) is 23.8 Å². The van der Waals surface area contributed by atoms with Gasteiger partial charge in [0.2, 0.25) is 0 Å². The Bertz CT molecular complexity index is 337. The topological polar surface area (TPSA) is 38.0 Å². The Kier molecular flexibility index (Phi) is 3.28. The average Bonchev–Trinajstić information content (AvgIpc) is 2.08. The van der Waals surface area contributed by atoms with Gasteiger partial charge in [-0.15, -0.1) is 0 Å². The zero-order chi connectivity index (χ0) is 11.6. The largest absolute Gasteiger partial charge is 0.397 e.